The normalized spacial score (nSPS) is 17.1. The highest BCUT2D eigenvalue weighted by molar-refractivity contribution is 6.42. The minimum Gasteiger partial charge on any atom is -0.487 e. The molecular weight excluding hydrogens is 416 g/mol. The Morgan fingerprint density at radius 1 is 1.07 bits per heavy atom. The second kappa shape index (κ2) is 9.92. The van der Waals surface area contributed by atoms with Crippen molar-refractivity contribution in [2.45, 2.75) is 31.1 Å². The molecule has 1 aliphatic heterocycles. The molecule has 0 amide bonds. The lowest BCUT2D eigenvalue weighted by Crippen LogP contribution is -2.26. The van der Waals surface area contributed by atoms with Gasteiger partial charge in [0.15, 0.2) is 11.6 Å². The molecule has 2 aromatic rings. The first-order valence-corrected chi connectivity index (χ1v) is 9.13. The largest absolute Gasteiger partial charge is 0.487 e. The number of hydrogen-bond donors (Lipinski definition) is 2. The van der Waals surface area contributed by atoms with E-state index < -0.39 is 18.0 Å². The topological polar surface area (TPSA) is 64.7 Å². The van der Waals surface area contributed by atoms with Gasteiger partial charge in [0.1, 0.15) is 6.10 Å². The highest BCUT2D eigenvalue weighted by Crippen LogP contribution is 2.33. The van der Waals surface area contributed by atoms with E-state index in [4.69, 9.17) is 38.4 Å². The lowest BCUT2D eigenvalue weighted by molar-refractivity contribution is 0.0240. The summed E-state index contributed by atoms with van der Waals surface area (Å²) in [7, 11) is 0. The highest BCUT2D eigenvalue weighted by Gasteiger charge is 2.22. The maximum Gasteiger partial charge on any atom is 0.165 e. The van der Waals surface area contributed by atoms with Crippen LogP contribution in [0.25, 0.3) is 0 Å². The molecule has 0 spiro atoms. The molecule has 0 aliphatic carbocycles. The van der Waals surface area contributed by atoms with Gasteiger partial charge in [-0.3, -0.25) is 0 Å². The smallest absolute Gasteiger partial charge is 0.165 e. The second-order valence-corrected chi connectivity index (χ2v) is 7.08. The summed E-state index contributed by atoms with van der Waals surface area (Å²) in [4.78, 5) is 0. The van der Waals surface area contributed by atoms with Gasteiger partial charge in [0.25, 0.3) is 0 Å². The Balaban J connectivity index is 0.00000261. The van der Waals surface area contributed by atoms with E-state index in [0.717, 1.165) is 12.8 Å². The van der Waals surface area contributed by atoms with Crippen molar-refractivity contribution in [3.63, 3.8) is 0 Å². The molecule has 2 unspecified atom stereocenters. The maximum atomic E-state index is 14.4. The molecule has 0 radical (unpaired) electrons. The number of rotatable bonds is 5. The van der Waals surface area contributed by atoms with Crippen molar-refractivity contribution in [3.05, 3.63) is 63.4 Å². The number of aliphatic hydroxyl groups is 1. The van der Waals surface area contributed by atoms with Crippen LogP contribution in [-0.4, -0.2) is 24.4 Å². The van der Waals surface area contributed by atoms with Crippen molar-refractivity contribution in [2.24, 2.45) is 5.73 Å². The Labute approximate surface area is 173 Å². The number of nitrogens with two attached hydrogens (primary N) is 1. The van der Waals surface area contributed by atoms with Crippen molar-refractivity contribution >= 4 is 35.6 Å². The van der Waals surface area contributed by atoms with Gasteiger partial charge in [0.05, 0.1) is 35.4 Å². The first kappa shape index (κ1) is 22.2. The molecule has 0 bridgehead atoms. The SMILES string of the molecule is Cl.NC(c1ccc(Cl)c(Cl)c1)C(O)c1ccc(OC2CCOCC2)c(F)c1. The quantitative estimate of drug-likeness (QED) is 0.703. The van der Waals surface area contributed by atoms with Crippen LogP contribution in [0.15, 0.2) is 36.4 Å². The van der Waals surface area contributed by atoms with E-state index in [2.05, 4.69) is 0 Å². The summed E-state index contributed by atoms with van der Waals surface area (Å²) in [6, 6.07) is 8.49. The Morgan fingerprint density at radius 2 is 1.74 bits per heavy atom. The number of halogens is 4. The summed E-state index contributed by atoms with van der Waals surface area (Å²) < 4.78 is 25.4. The number of benzene rings is 2. The van der Waals surface area contributed by atoms with Crippen LogP contribution in [0.1, 0.15) is 36.1 Å². The molecule has 0 aromatic heterocycles. The van der Waals surface area contributed by atoms with Gasteiger partial charge in [0, 0.05) is 12.8 Å². The van der Waals surface area contributed by atoms with E-state index in [9.17, 15) is 9.50 Å². The summed E-state index contributed by atoms with van der Waals surface area (Å²) in [6.45, 7) is 1.23. The van der Waals surface area contributed by atoms with Crippen molar-refractivity contribution in [2.75, 3.05) is 13.2 Å². The van der Waals surface area contributed by atoms with Gasteiger partial charge in [-0.1, -0.05) is 35.3 Å². The van der Waals surface area contributed by atoms with Crippen LogP contribution < -0.4 is 10.5 Å². The predicted molar refractivity (Wildman–Crippen MR) is 106 cm³/mol. The van der Waals surface area contributed by atoms with Crippen molar-refractivity contribution in [3.8, 4) is 5.75 Å². The minimum atomic E-state index is -1.10. The summed E-state index contributed by atoms with van der Waals surface area (Å²) in [5, 5.41) is 11.3. The molecule has 1 fully saturated rings. The average molecular weight is 437 g/mol. The van der Waals surface area contributed by atoms with Crippen LogP contribution in [0, 0.1) is 5.82 Å². The zero-order chi connectivity index (χ0) is 18.7. The fourth-order valence-electron chi connectivity index (χ4n) is 2.88. The second-order valence-electron chi connectivity index (χ2n) is 6.26. The number of aliphatic hydroxyl groups excluding tert-OH is 1. The Morgan fingerprint density at radius 3 is 2.37 bits per heavy atom. The Bertz CT molecular complexity index is 772. The summed E-state index contributed by atoms with van der Waals surface area (Å²) in [5.74, 6) is -0.370. The van der Waals surface area contributed by atoms with Gasteiger partial charge in [-0.25, -0.2) is 4.39 Å². The predicted octanol–water partition coefficient (Wildman–Crippen LogP) is 4.85. The molecule has 4 nitrogen and oxygen atoms in total. The molecule has 3 rings (SSSR count). The van der Waals surface area contributed by atoms with E-state index in [0.29, 0.717) is 34.4 Å². The van der Waals surface area contributed by atoms with Crippen LogP contribution in [0.5, 0.6) is 5.75 Å². The first-order valence-electron chi connectivity index (χ1n) is 8.38. The van der Waals surface area contributed by atoms with E-state index in [1.54, 1.807) is 24.3 Å². The molecular formula is C19H21Cl3FNO3. The van der Waals surface area contributed by atoms with Crippen LogP contribution in [-0.2, 0) is 4.74 Å². The summed E-state index contributed by atoms with van der Waals surface area (Å²) >= 11 is 11.9. The molecule has 3 N–H and O–H groups in total. The molecule has 27 heavy (non-hydrogen) atoms. The minimum absolute atomic E-state index is 0. The zero-order valence-electron chi connectivity index (χ0n) is 14.4. The zero-order valence-corrected chi connectivity index (χ0v) is 16.7. The maximum absolute atomic E-state index is 14.4. The molecule has 1 saturated heterocycles. The van der Waals surface area contributed by atoms with Crippen LogP contribution in [0.4, 0.5) is 4.39 Å². The van der Waals surface area contributed by atoms with Crippen molar-refractivity contribution in [1.29, 1.82) is 0 Å². The van der Waals surface area contributed by atoms with E-state index >= 15 is 0 Å². The third kappa shape index (κ3) is 5.47. The molecule has 2 atom stereocenters. The van der Waals surface area contributed by atoms with Crippen molar-refractivity contribution in [1.82, 2.24) is 0 Å². The number of hydrogen-bond acceptors (Lipinski definition) is 4. The van der Waals surface area contributed by atoms with Gasteiger partial charge in [-0.15, -0.1) is 12.4 Å². The monoisotopic (exact) mass is 435 g/mol. The molecule has 1 heterocycles. The van der Waals surface area contributed by atoms with Gasteiger partial charge in [0.2, 0.25) is 0 Å². The molecule has 148 valence electrons. The standard InChI is InChI=1S/C19H20Cl2FNO3.ClH/c20-14-3-1-11(9-15(14)21)18(23)19(24)12-2-4-17(16(22)10-12)26-13-5-7-25-8-6-13;/h1-4,9-10,13,18-19,24H,5-8,23H2;1H. The van der Waals surface area contributed by atoms with Crippen LogP contribution >= 0.6 is 35.6 Å². The van der Waals surface area contributed by atoms with Crippen LogP contribution in [0.2, 0.25) is 10.0 Å². The number of ether oxygens (including phenoxy) is 2. The molecule has 1 aliphatic rings. The molecule has 2 aromatic carbocycles. The fraction of sp³-hybridized carbons (Fsp3) is 0.368. The highest BCUT2D eigenvalue weighted by atomic mass is 35.5. The third-order valence-corrected chi connectivity index (χ3v) is 5.17. The summed E-state index contributed by atoms with van der Waals surface area (Å²) in [5.41, 5.74) is 7.08. The van der Waals surface area contributed by atoms with Gasteiger partial charge in [-0.2, -0.15) is 0 Å². The molecule has 0 saturated carbocycles. The lowest BCUT2D eigenvalue weighted by Gasteiger charge is -2.24. The average Bonchev–Trinajstić information content (AvgIpc) is 2.65. The third-order valence-electron chi connectivity index (χ3n) is 4.43. The van der Waals surface area contributed by atoms with Crippen molar-refractivity contribution < 1.29 is 19.0 Å². The lowest BCUT2D eigenvalue weighted by atomic mass is 9.96. The fourth-order valence-corrected chi connectivity index (χ4v) is 3.19. The van der Waals surface area contributed by atoms with Gasteiger partial charge < -0.3 is 20.3 Å². The first-order chi connectivity index (χ1) is 12.5. The van der Waals surface area contributed by atoms with Gasteiger partial charge in [-0.05, 0) is 35.4 Å². The summed E-state index contributed by atoms with van der Waals surface area (Å²) in [6.07, 6.45) is 0.296. The van der Waals surface area contributed by atoms with Gasteiger partial charge >= 0.3 is 0 Å². The Hall–Kier alpha value is -1.08. The van der Waals surface area contributed by atoms with Crippen LogP contribution in [0.3, 0.4) is 0 Å². The molecule has 8 heteroatoms. The van der Waals surface area contributed by atoms with E-state index in [-0.39, 0.29) is 24.3 Å². The van der Waals surface area contributed by atoms with E-state index in [1.165, 1.54) is 12.1 Å². The van der Waals surface area contributed by atoms with E-state index in [1.807, 2.05) is 0 Å². The Kier molecular flexibility index (Phi) is 8.16.